The number of ether oxygens (including phenoxy) is 2. The summed E-state index contributed by atoms with van der Waals surface area (Å²) in [5.74, 6) is 1.04. The highest BCUT2D eigenvalue weighted by Crippen LogP contribution is 2.28. The van der Waals surface area contributed by atoms with Crippen molar-refractivity contribution in [3.05, 3.63) is 77.9 Å². The summed E-state index contributed by atoms with van der Waals surface area (Å²) in [7, 11) is 0. The molecule has 3 nitrogen and oxygen atoms in total. The molecule has 3 aromatic rings. The summed E-state index contributed by atoms with van der Waals surface area (Å²) in [5, 5.41) is 0. The number of aromatic nitrogens is 1. The van der Waals surface area contributed by atoms with Crippen LogP contribution in [0.2, 0.25) is 0 Å². The third-order valence-corrected chi connectivity index (χ3v) is 6.01. The lowest BCUT2D eigenvalue weighted by Gasteiger charge is -2.17. The van der Waals surface area contributed by atoms with Gasteiger partial charge in [-0.15, -0.1) is 0 Å². The van der Waals surface area contributed by atoms with Crippen molar-refractivity contribution in [1.29, 1.82) is 0 Å². The fraction of sp³-hybridized carbons (Fsp3) is 0.448. The van der Waals surface area contributed by atoms with Gasteiger partial charge < -0.3 is 14.0 Å². The zero-order valence-electron chi connectivity index (χ0n) is 20.5. The van der Waals surface area contributed by atoms with Gasteiger partial charge in [-0.05, 0) is 56.2 Å². The average molecular weight is 488 g/mol. The SMILES string of the molecule is Cc1ccc(CCOc2ccccc2)n1-c1ccc(F)cc1OCCCCCCCCCC(F)F. The highest BCUT2D eigenvalue weighted by Gasteiger charge is 2.14. The number of hydrogen-bond donors (Lipinski definition) is 0. The third-order valence-electron chi connectivity index (χ3n) is 6.01. The molecule has 0 saturated heterocycles. The van der Waals surface area contributed by atoms with Crippen molar-refractivity contribution in [2.24, 2.45) is 0 Å². The molecule has 0 unspecified atom stereocenters. The van der Waals surface area contributed by atoms with E-state index in [1.54, 1.807) is 6.07 Å². The molecule has 0 bridgehead atoms. The molecule has 6 heteroatoms. The molecule has 0 spiro atoms. The van der Waals surface area contributed by atoms with Crippen LogP contribution in [0.4, 0.5) is 13.2 Å². The number of nitrogens with zero attached hydrogens (tertiary/aromatic N) is 1. The molecule has 0 atom stereocenters. The molecular weight excluding hydrogens is 451 g/mol. The molecule has 0 saturated carbocycles. The lowest BCUT2D eigenvalue weighted by molar-refractivity contribution is 0.133. The first-order valence-corrected chi connectivity index (χ1v) is 12.6. The van der Waals surface area contributed by atoms with Gasteiger partial charge in [-0.25, -0.2) is 13.2 Å². The van der Waals surface area contributed by atoms with Crippen molar-refractivity contribution in [3.63, 3.8) is 0 Å². The standard InChI is InChI=1S/C29H36F3NO2/c1-23-15-17-25(19-21-34-26-12-8-7-9-13-26)33(23)27-18-16-24(30)22-28(27)35-20-11-6-4-2-3-5-10-14-29(31)32/h7-9,12-13,15-18,22,29H,2-6,10-11,14,19-21H2,1H3. The first-order chi connectivity index (χ1) is 17.0. The van der Waals surface area contributed by atoms with Crippen LogP contribution in [0.3, 0.4) is 0 Å². The monoisotopic (exact) mass is 487 g/mol. The summed E-state index contributed by atoms with van der Waals surface area (Å²) >= 11 is 0. The van der Waals surface area contributed by atoms with Crippen LogP contribution in [0.25, 0.3) is 5.69 Å². The van der Waals surface area contributed by atoms with E-state index in [2.05, 4.69) is 10.6 Å². The second kappa shape index (κ2) is 14.5. The highest BCUT2D eigenvalue weighted by atomic mass is 19.3. The molecule has 1 heterocycles. The predicted molar refractivity (Wildman–Crippen MR) is 135 cm³/mol. The Labute approximate surface area is 206 Å². The van der Waals surface area contributed by atoms with Gasteiger partial charge in [-0.1, -0.05) is 50.3 Å². The van der Waals surface area contributed by atoms with Crippen molar-refractivity contribution in [2.75, 3.05) is 13.2 Å². The number of unbranched alkanes of at least 4 members (excludes halogenated alkanes) is 6. The Morgan fingerprint density at radius 3 is 2.23 bits per heavy atom. The average Bonchev–Trinajstić information content (AvgIpc) is 3.21. The van der Waals surface area contributed by atoms with Gasteiger partial charge in [0, 0.05) is 30.3 Å². The molecule has 3 rings (SSSR count). The van der Waals surface area contributed by atoms with Gasteiger partial charge in [0.15, 0.2) is 0 Å². The third kappa shape index (κ3) is 9.00. The summed E-state index contributed by atoms with van der Waals surface area (Å²) in [5.41, 5.74) is 2.94. The summed E-state index contributed by atoms with van der Waals surface area (Å²) in [6.07, 6.45) is 4.95. The fourth-order valence-electron chi connectivity index (χ4n) is 4.18. The molecule has 0 aliphatic heterocycles. The minimum absolute atomic E-state index is 0.00639. The normalized spacial score (nSPS) is 11.2. The Bertz CT molecular complexity index is 1000. The molecule has 35 heavy (non-hydrogen) atoms. The molecule has 0 N–H and O–H groups in total. The molecule has 2 aromatic carbocycles. The maximum atomic E-state index is 14.1. The van der Waals surface area contributed by atoms with E-state index in [1.807, 2.05) is 43.3 Å². The minimum Gasteiger partial charge on any atom is -0.493 e. The number of halogens is 3. The van der Waals surface area contributed by atoms with Gasteiger partial charge >= 0.3 is 0 Å². The first-order valence-electron chi connectivity index (χ1n) is 12.6. The van der Waals surface area contributed by atoms with Crippen molar-refractivity contribution in [1.82, 2.24) is 4.57 Å². The number of rotatable bonds is 16. The Balaban J connectivity index is 1.50. The van der Waals surface area contributed by atoms with Crippen LogP contribution in [0.15, 0.2) is 60.7 Å². The van der Waals surface area contributed by atoms with Gasteiger partial charge in [0.1, 0.15) is 17.3 Å². The predicted octanol–water partition coefficient (Wildman–Crippen LogP) is 8.31. The van der Waals surface area contributed by atoms with Crippen LogP contribution in [0.1, 0.15) is 62.8 Å². The lowest BCUT2D eigenvalue weighted by atomic mass is 10.1. The van der Waals surface area contributed by atoms with E-state index in [4.69, 9.17) is 9.47 Å². The van der Waals surface area contributed by atoms with Gasteiger partial charge in [0.25, 0.3) is 0 Å². The summed E-state index contributed by atoms with van der Waals surface area (Å²) in [4.78, 5) is 0. The number of para-hydroxylation sites is 1. The Morgan fingerprint density at radius 1 is 0.771 bits per heavy atom. The van der Waals surface area contributed by atoms with E-state index in [-0.39, 0.29) is 12.2 Å². The maximum Gasteiger partial charge on any atom is 0.238 e. The van der Waals surface area contributed by atoms with Gasteiger partial charge in [-0.3, -0.25) is 0 Å². The molecule has 0 aliphatic rings. The molecule has 0 radical (unpaired) electrons. The summed E-state index contributed by atoms with van der Waals surface area (Å²) < 4.78 is 52.3. The second-order valence-corrected chi connectivity index (χ2v) is 8.83. The Hall–Kier alpha value is -2.89. The molecule has 0 aliphatic carbocycles. The van der Waals surface area contributed by atoms with Gasteiger partial charge in [0.05, 0.1) is 18.9 Å². The van der Waals surface area contributed by atoms with Gasteiger partial charge in [0.2, 0.25) is 6.43 Å². The minimum atomic E-state index is -2.19. The second-order valence-electron chi connectivity index (χ2n) is 8.83. The van der Waals surface area contributed by atoms with E-state index in [0.717, 1.165) is 61.3 Å². The van der Waals surface area contributed by atoms with E-state index >= 15 is 0 Å². The van der Waals surface area contributed by atoms with Crippen LogP contribution < -0.4 is 9.47 Å². The van der Waals surface area contributed by atoms with Crippen molar-refractivity contribution >= 4 is 0 Å². The van der Waals surface area contributed by atoms with Crippen LogP contribution in [0.5, 0.6) is 11.5 Å². The van der Waals surface area contributed by atoms with E-state index in [9.17, 15) is 13.2 Å². The Morgan fingerprint density at radius 2 is 1.49 bits per heavy atom. The van der Waals surface area contributed by atoms with E-state index in [1.165, 1.54) is 12.1 Å². The fourth-order valence-corrected chi connectivity index (χ4v) is 4.18. The topological polar surface area (TPSA) is 23.4 Å². The van der Waals surface area contributed by atoms with Crippen molar-refractivity contribution in [2.45, 2.75) is 71.1 Å². The molecular formula is C29H36F3NO2. The Kier molecular flexibility index (Phi) is 11.1. The summed E-state index contributed by atoms with van der Waals surface area (Å²) in [6, 6.07) is 18.5. The lowest BCUT2D eigenvalue weighted by Crippen LogP contribution is -2.10. The van der Waals surface area contributed by atoms with Crippen molar-refractivity contribution in [3.8, 4) is 17.2 Å². The first kappa shape index (κ1) is 26.7. The van der Waals surface area contributed by atoms with E-state index < -0.39 is 6.43 Å². The number of benzene rings is 2. The van der Waals surface area contributed by atoms with E-state index in [0.29, 0.717) is 31.8 Å². The molecule has 190 valence electrons. The van der Waals surface area contributed by atoms with Crippen LogP contribution in [0, 0.1) is 12.7 Å². The maximum absolute atomic E-state index is 14.1. The summed E-state index contributed by atoms with van der Waals surface area (Å²) in [6.45, 7) is 3.07. The highest BCUT2D eigenvalue weighted by molar-refractivity contribution is 5.50. The molecule has 0 amide bonds. The zero-order chi connectivity index (χ0) is 24.9. The van der Waals surface area contributed by atoms with Crippen molar-refractivity contribution < 1.29 is 22.6 Å². The zero-order valence-corrected chi connectivity index (χ0v) is 20.5. The number of alkyl halides is 2. The van der Waals surface area contributed by atoms with Gasteiger partial charge in [-0.2, -0.15) is 0 Å². The van der Waals surface area contributed by atoms with Crippen LogP contribution in [-0.2, 0) is 6.42 Å². The number of hydrogen-bond acceptors (Lipinski definition) is 2. The smallest absolute Gasteiger partial charge is 0.238 e. The largest absolute Gasteiger partial charge is 0.493 e. The molecule has 0 fully saturated rings. The number of aryl methyl sites for hydroxylation is 1. The molecule has 1 aromatic heterocycles. The quantitative estimate of drug-likeness (QED) is 0.190. The van der Waals surface area contributed by atoms with Crippen LogP contribution >= 0.6 is 0 Å². The van der Waals surface area contributed by atoms with Crippen LogP contribution in [-0.4, -0.2) is 24.2 Å².